The first-order valence-electron chi connectivity index (χ1n) is 7.11. The minimum absolute atomic E-state index is 0.653. The molecule has 0 aromatic heterocycles. The highest BCUT2D eigenvalue weighted by Gasteiger charge is 2.36. The molecule has 0 saturated heterocycles. The topological polar surface area (TPSA) is 38.0 Å². The predicted octanol–water partition coefficient (Wildman–Crippen LogP) is 2.92. The lowest BCUT2D eigenvalue weighted by molar-refractivity contribution is 0.397. The van der Waals surface area contributed by atoms with Crippen molar-refractivity contribution in [3.05, 3.63) is 0 Å². The van der Waals surface area contributed by atoms with Crippen LogP contribution < -0.4 is 11.1 Å². The van der Waals surface area contributed by atoms with Gasteiger partial charge >= 0.3 is 0 Å². The summed E-state index contributed by atoms with van der Waals surface area (Å²) in [5, 5.41) is 3.60. The Morgan fingerprint density at radius 3 is 2.56 bits per heavy atom. The number of nitrogens with one attached hydrogen (secondary N) is 1. The lowest BCUT2D eigenvalue weighted by atomic mass is 9.94. The third kappa shape index (κ3) is 5.86. The fourth-order valence-electron chi connectivity index (χ4n) is 2.37. The second kappa shape index (κ2) is 7.29. The normalized spacial score (nSPS) is 19.7. The third-order valence-electron chi connectivity index (χ3n) is 3.89. The van der Waals surface area contributed by atoms with Crippen molar-refractivity contribution in [1.29, 1.82) is 0 Å². The monoisotopic (exact) mass is 226 g/mol. The summed E-state index contributed by atoms with van der Waals surface area (Å²) in [4.78, 5) is 0. The molecule has 2 heteroatoms. The van der Waals surface area contributed by atoms with Crippen molar-refractivity contribution in [3.63, 3.8) is 0 Å². The average Bonchev–Trinajstić information content (AvgIpc) is 2.97. The largest absolute Gasteiger partial charge is 0.330 e. The van der Waals surface area contributed by atoms with Crippen molar-refractivity contribution in [1.82, 2.24) is 5.32 Å². The van der Waals surface area contributed by atoms with Gasteiger partial charge < -0.3 is 11.1 Å². The zero-order valence-electron chi connectivity index (χ0n) is 11.2. The smallest absolute Gasteiger partial charge is 0.000517 e. The summed E-state index contributed by atoms with van der Waals surface area (Å²) < 4.78 is 0. The molecule has 1 rings (SSSR count). The molecule has 0 spiro atoms. The van der Waals surface area contributed by atoms with E-state index in [0.717, 1.165) is 12.5 Å². The van der Waals surface area contributed by atoms with Gasteiger partial charge in [-0.25, -0.2) is 0 Å². The van der Waals surface area contributed by atoms with Crippen LogP contribution in [0.1, 0.15) is 58.8 Å². The summed E-state index contributed by atoms with van der Waals surface area (Å²) in [5.41, 5.74) is 6.29. The molecule has 96 valence electrons. The molecular weight excluding hydrogens is 196 g/mol. The Bertz CT molecular complexity index is 170. The molecule has 0 heterocycles. The first kappa shape index (κ1) is 14.0. The van der Waals surface area contributed by atoms with Gasteiger partial charge in [-0.1, -0.05) is 26.7 Å². The van der Waals surface area contributed by atoms with Crippen LogP contribution in [-0.4, -0.2) is 19.6 Å². The number of hydrogen-bond acceptors (Lipinski definition) is 2. The van der Waals surface area contributed by atoms with Crippen LogP contribution in [0.25, 0.3) is 0 Å². The van der Waals surface area contributed by atoms with Gasteiger partial charge in [-0.05, 0) is 56.5 Å². The molecule has 1 aliphatic rings. The van der Waals surface area contributed by atoms with Crippen molar-refractivity contribution >= 4 is 0 Å². The van der Waals surface area contributed by atoms with E-state index in [0.29, 0.717) is 5.41 Å². The molecule has 0 aromatic carbocycles. The number of hydrogen-bond donors (Lipinski definition) is 2. The van der Waals surface area contributed by atoms with E-state index in [1.165, 1.54) is 58.0 Å². The second-order valence-corrected chi connectivity index (χ2v) is 5.86. The van der Waals surface area contributed by atoms with Gasteiger partial charge in [0.15, 0.2) is 0 Å². The van der Waals surface area contributed by atoms with Gasteiger partial charge in [-0.15, -0.1) is 0 Å². The van der Waals surface area contributed by atoms with Crippen molar-refractivity contribution in [3.8, 4) is 0 Å². The summed E-state index contributed by atoms with van der Waals surface area (Å²) in [6, 6.07) is 0. The molecule has 1 fully saturated rings. The molecule has 1 aliphatic carbocycles. The summed E-state index contributed by atoms with van der Waals surface area (Å²) in [6.45, 7) is 7.93. The highest BCUT2D eigenvalue weighted by atomic mass is 14.9. The van der Waals surface area contributed by atoms with Gasteiger partial charge in [0, 0.05) is 6.54 Å². The third-order valence-corrected chi connectivity index (χ3v) is 3.89. The molecule has 16 heavy (non-hydrogen) atoms. The van der Waals surface area contributed by atoms with Crippen LogP contribution >= 0.6 is 0 Å². The Balaban J connectivity index is 1.94. The molecule has 1 unspecified atom stereocenters. The highest BCUT2D eigenvalue weighted by molar-refractivity contribution is 4.90. The molecule has 1 saturated carbocycles. The van der Waals surface area contributed by atoms with Gasteiger partial charge in [0.05, 0.1) is 0 Å². The van der Waals surface area contributed by atoms with Gasteiger partial charge in [0.25, 0.3) is 0 Å². The lowest BCUT2D eigenvalue weighted by Gasteiger charge is -2.15. The molecule has 0 bridgehead atoms. The van der Waals surface area contributed by atoms with Crippen LogP contribution in [-0.2, 0) is 0 Å². The van der Waals surface area contributed by atoms with Crippen molar-refractivity contribution in [2.75, 3.05) is 19.6 Å². The number of nitrogens with two attached hydrogens (primary N) is 1. The average molecular weight is 226 g/mol. The van der Waals surface area contributed by atoms with E-state index in [-0.39, 0.29) is 0 Å². The maximum Gasteiger partial charge on any atom is 0.000517 e. The summed E-state index contributed by atoms with van der Waals surface area (Å²) in [7, 11) is 0. The second-order valence-electron chi connectivity index (χ2n) is 5.86. The van der Waals surface area contributed by atoms with E-state index in [4.69, 9.17) is 5.73 Å². The molecule has 0 aromatic rings. The van der Waals surface area contributed by atoms with Crippen LogP contribution in [0, 0.1) is 11.3 Å². The SMILES string of the molecule is CCCC(CCN)CCCNCC1(C)CC1. The van der Waals surface area contributed by atoms with Gasteiger partial charge in [0.2, 0.25) is 0 Å². The van der Waals surface area contributed by atoms with Crippen molar-refractivity contribution < 1.29 is 0 Å². The van der Waals surface area contributed by atoms with E-state index in [1.54, 1.807) is 0 Å². The Morgan fingerprint density at radius 1 is 1.25 bits per heavy atom. The van der Waals surface area contributed by atoms with Gasteiger partial charge in [0.1, 0.15) is 0 Å². The lowest BCUT2D eigenvalue weighted by Crippen LogP contribution is -2.23. The van der Waals surface area contributed by atoms with Crippen LogP contribution in [0.3, 0.4) is 0 Å². The van der Waals surface area contributed by atoms with E-state index in [1.807, 2.05) is 0 Å². The van der Waals surface area contributed by atoms with Crippen molar-refractivity contribution in [2.24, 2.45) is 17.1 Å². The Morgan fingerprint density at radius 2 is 2.00 bits per heavy atom. The molecular formula is C14H30N2. The Labute approximate surface area is 101 Å². The first-order chi connectivity index (χ1) is 7.70. The van der Waals surface area contributed by atoms with Crippen LogP contribution in [0.15, 0.2) is 0 Å². The zero-order valence-corrected chi connectivity index (χ0v) is 11.2. The molecule has 1 atom stereocenters. The van der Waals surface area contributed by atoms with E-state index < -0.39 is 0 Å². The van der Waals surface area contributed by atoms with Crippen LogP contribution in [0.2, 0.25) is 0 Å². The molecule has 0 radical (unpaired) electrons. The molecule has 2 nitrogen and oxygen atoms in total. The highest BCUT2D eigenvalue weighted by Crippen LogP contribution is 2.43. The molecule has 3 N–H and O–H groups in total. The molecule has 0 aliphatic heterocycles. The van der Waals surface area contributed by atoms with Crippen molar-refractivity contribution in [2.45, 2.75) is 58.8 Å². The maximum atomic E-state index is 5.64. The Hall–Kier alpha value is -0.0800. The maximum absolute atomic E-state index is 5.64. The molecule has 0 amide bonds. The van der Waals surface area contributed by atoms with Gasteiger partial charge in [-0.2, -0.15) is 0 Å². The minimum atomic E-state index is 0.653. The predicted molar refractivity (Wildman–Crippen MR) is 71.5 cm³/mol. The van der Waals surface area contributed by atoms with E-state index in [9.17, 15) is 0 Å². The van der Waals surface area contributed by atoms with E-state index >= 15 is 0 Å². The first-order valence-corrected chi connectivity index (χ1v) is 7.11. The fourth-order valence-corrected chi connectivity index (χ4v) is 2.37. The Kier molecular flexibility index (Phi) is 6.37. The summed E-state index contributed by atoms with van der Waals surface area (Å²) in [6.07, 6.45) is 9.39. The zero-order chi connectivity index (χ0) is 11.9. The van der Waals surface area contributed by atoms with Crippen LogP contribution in [0.4, 0.5) is 0 Å². The minimum Gasteiger partial charge on any atom is -0.330 e. The van der Waals surface area contributed by atoms with Gasteiger partial charge in [-0.3, -0.25) is 0 Å². The van der Waals surface area contributed by atoms with Crippen LogP contribution in [0.5, 0.6) is 0 Å². The van der Waals surface area contributed by atoms with E-state index in [2.05, 4.69) is 19.2 Å². The number of rotatable bonds is 10. The fraction of sp³-hybridized carbons (Fsp3) is 1.00. The quantitative estimate of drug-likeness (QED) is 0.562. The standard InChI is InChI=1S/C14H30N2/c1-3-5-13(7-10-15)6-4-11-16-12-14(2)8-9-14/h13,16H,3-12,15H2,1-2H3. The summed E-state index contributed by atoms with van der Waals surface area (Å²) >= 11 is 0. The summed E-state index contributed by atoms with van der Waals surface area (Å²) in [5.74, 6) is 0.869.